The Morgan fingerprint density at radius 2 is 2.00 bits per heavy atom. The first kappa shape index (κ1) is 11.6. The van der Waals surface area contributed by atoms with Crippen LogP contribution in [0.15, 0.2) is 29.2 Å². The number of carbonyl (C=O) groups excluding carboxylic acids is 1. The Bertz CT molecular complexity index is 308. The van der Waals surface area contributed by atoms with E-state index in [1.54, 1.807) is 11.8 Å². The molecule has 0 spiro atoms. The zero-order chi connectivity index (χ0) is 10.6. The van der Waals surface area contributed by atoms with Crippen LogP contribution in [0, 0.1) is 6.92 Å². The summed E-state index contributed by atoms with van der Waals surface area (Å²) < 4.78 is 0. The number of hydrogen-bond acceptors (Lipinski definition) is 2. The molecule has 0 aliphatic rings. The summed E-state index contributed by atoms with van der Waals surface area (Å²) in [6.07, 6.45) is 0.417. The zero-order valence-corrected chi connectivity index (χ0v) is 9.86. The van der Waals surface area contributed by atoms with Gasteiger partial charge in [0.1, 0.15) is 0 Å². The molecular weight excluding hydrogens is 216 g/mol. The lowest BCUT2D eigenvalue weighted by molar-refractivity contribution is -0.111. The standard InChI is InChI=1S/C11H13ClOS/c1-8-3-5-10(6-4-8)14-9(2)7-11(12)13/h3-6,9H,7H2,1-2H3. The van der Waals surface area contributed by atoms with Gasteiger partial charge in [-0.1, -0.05) is 24.6 Å². The Kier molecular flexibility index (Phi) is 4.49. The molecular formula is C11H13ClOS. The molecule has 1 rings (SSSR count). The Balaban J connectivity index is 2.51. The van der Waals surface area contributed by atoms with Crippen molar-refractivity contribution in [3.63, 3.8) is 0 Å². The van der Waals surface area contributed by atoms with Crippen LogP contribution in [-0.2, 0) is 4.79 Å². The highest BCUT2D eigenvalue weighted by atomic mass is 35.5. The van der Waals surface area contributed by atoms with Crippen LogP contribution in [0.1, 0.15) is 18.9 Å². The van der Waals surface area contributed by atoms with Crippen molar-refractivity contribution in [2.24, 2.45) is 0 Å². The molecule has 0 saturated heterocycles. The summed E-state index contributed by atoms with van der Waals surface area (Å²) in [5.74, 6) is 0. The molecule has 76 valence electrons. The van der Waals surface area contributed by atoms with E-state index in [9.17, 15) is 4.79 Å². The SMILES string of the molecule is Cc1ccc(SC(C)CC(=O)Cl)cc1. The molecule has 0 bridgehead atoms. The molecule has 1 unspecified atom stereocenters. The lowest BCUT2D eigenvalue weighted by Crippen LogP contribution is -2.00. The summed E-state index contributed by atoms with van der Waals surface area (Å²) in [5, 5.41) is -0.0279. The molecule has 0 radical (unpaired) electrons. The van der Waals surface area contributed by atoms with Crippen LogP contribution in [0.25, 0.3) is 0 Å². The minimum atomic E-state index is -0.267. The molecule has 1 atom stereocenters. The largest absolute Gasteiger partial charge is 0.281 e. The fourth-order valence-corrected chi connectivity index (χ4v) is 2.43. The van der Waals surface area contributed by atoms with Crippen LogP contribution in [0.5, 0.6) is 0 Å². The van der Waals surface area contributed by atoms with Gasteiger partial charge in [-0.25, -0.2) is 0 Å². The van der Waals surface area contributed by atoms with E-state index in [2.05, 4.69) is 31.2 Å². The summed E-state index contributed by atoms with van der Waals surface area (Å²) in [6.45, 7) is 4.06. The first-order valence-electron chi connectivity index (χ1n) is 4.49. The lowest BCUT2D eigenvalue weighted by Gasteiger charge is -2.08. The summed E-state index contributed by atoms with van der Waals surface area (Å²) in [5.41, 5.74) is 1.25. The Labute approximate surface area is 93.8 Å². The number of hydrogen-bond donors (Lipinski definition) is 0. The molecule has 0 N–H and O–H groups in total. The fraction of sp³-hybridized carbons (Fsp3) is 0.364. The van der Waals surface area contributed by atoms with E-state index >= 15 is 0 Å². The molecule has 1 nitrogen and oxygen atoms in total. The molecule has 0 aliphatic carbocycles. The van der Waals surface area contributed by atoms with E-state index in [1.165, 1.54) is 10.5 Å². The molecule has 14 heavy (non-hydrogen) atoms. The minimum Gasteiger partial charge on any atom is -0.281 e. The van der Waals surface area contributed by atoms with Gasteiger partial charge in [-0.15, -0.1) is 11.8 Å². The molecule has 3 heteroatoms. The summed E-state index contributed by atoms with van der Waals surface area (Å²) in [4.78, 5) is 11.8. The number of benzene rings is 1. The second kappa shape index (κ2) is 5.42. The number of rotatable bonds is 4. The van der Waals surface area contributed by atoms with Crippen molar-refractivity contribution >= 4 is 28.6 Å². The highest BCUT2D eigenvalue weighted by Gasteiger charge is 2.07. The molecule has 0 fully saturated rings. The molecule has 1 aromatic carbocycles. The topological polar surface area (TPSA) is 17.1 Å². The van der Waals surface area contributed by atoms with Gasteiger partial charge in [-0.3, -0.25) is 4.79 Å². The van der Waals surface area contributed by atoms with Crippen molar-refractivity contribution in [1.82, 2.24) is 0 Å². The molecule has 0 heterocycles. The third-order valence-corrected chi connectivity index (χ3v) is 3.07. The van der Waals surface area contributed by atoms with E-state index < -0.39 is 0 Å². The van der Waals surface area contributed by atoms with Gasteiger partial charge < -0.3 is 0 Å². The summed E-state index contributed by atoms with van der Waals surface area (Å²) >= 11 is 6.99. The smallest absolute Gasteiger partial charge is 0.222 e. The van der Waals surface area contributed by atoms with Gasteiger partial charge in [0.15, 0.2) is 0 Å². The van der Waals surface area contributed by atoms with Crippen LogP contribution >= 0.6 is 23.4 Å². The number of carbonyl (C=O) groups is 1. The highest BCUT2D eigenvalue weighted by molar-refractivity contribution is 8.00. The molecule has 0 aliphatic heterocycles. The average Bonchev–Trinajstić information content (AvgIpc) is 2.07. The van der Waals surface area contributed by atoms with E-state index in [1.807, 2.05) is 6.92 Å². The van der Waals surface area contributed by atoms with Crippen LogP contribution in [-0.4, -0.2) is 10.5 Å². The summed E-state index contributed by atoms with van der Waals surface area (Å²) in [6, 6.07) is 8.26. The first-order valence-corrected chi connectivity index (χ1v) is 5.75. The van der Waals surface area contributed by atoms with Gasteiger partial charge in [-0.2, -0.15) is 0 Å². The first-order chi connectivity index (χ1) is 6.58. The average molecular weight is 229 g/mol. The van der Waals surface area contributed by atoms with Crippen molar-refractivity contribution in [2.75, 3.05) is 0 Å². The Morgan fingerprint density at radius 3 is 2.50 bits per heavy atom. The van der Waals surface area contributed by atoms with Crippen LogP contribution in [0.3, 0.4) is 0 Å². The van der Waals surface area contributed by atoms with Gasteiger partial charge in [0.05, 0.1) is 0 Å². The predicted molar refractivity (Wildman–Crippen MR) is 62.0 cm³/mol. The van der Waals surface area contributed by atoms with Gasteiger partial charge in [0.2, 0.25) is 5.24 Å². The molecule has 0 aromatic heterocycles. The number of thioether (sulfide) groups is 1. The van der Waals surface area contributed by atoms with E-state index in [0.717, 1.165) is 0 Å². The van der Waals surface area contributed by atoms with Crippen molar-refractivity contribution < 1.29 is 4.79 Å². The maximum atomic E-state index is 10.7. The van der Waals surface area contributed by atoms with E-state index in [4.69, 9.17) is 11.6 Å². The minimum absolute atomic E-state index is 0.239. The van der Waals surface area contributed by atoms with Gasteiger partial charge >= 0.3 is 0 Å². The Hall–Kier alpha value is -0.470. The third kappa shape index (κ3) is 4.16. The lowest BCUT2D eigenvalue weighted by atomic mass is 10.2. The second-order valence-electron chi connectivity index (χ2n) is 3.30. The van der Waals surface area contributed by atoms with Gasteiger partial charge in [-0.05, 0) is 30.7 Å². The fourth-order valence-electron chi connectivity index (χ4n) is 1.12. The van der Waals surface area contributed by atoms with Crippen molar-refractivity contribution in [3.8, 4) is 0 Å². The van der Waals surface area contributed by atoms with Gasteiger partial charge in [0, 0.05) is 16.6 Å². The molecule has 1 aromatic rings. The van der Waals surface area contributed by atoms with Crippen molar-refractivity contribution in [1.29, 1.82) is 0 Å². The highest BCUT2D eigenvalue weighted by Crippen LogP contribution is 2.25. The maximum absolute atomic E-state index is 10.7. The van der Waals surface area contributed by atoms with Crippen LogP contribution in [0.2, 0.25) is 0 Å². The monoisotopic (exact) mass is 228 g/mol. The van der Waals surface area contributed by atoms with E-state index in [0.29, 0.717) is 6.42 Å². The van der Waals surface area contributed by atoms with E-state index in [-0.39, 0.29) is 10.5 Å². The Morgan fingerprint density at radius 1 is 1.43 bits per heavy atom. The molecule has 0 saturated carbocycles. The van der Waals surface area contributed by atoms with Crippen LogP contribution < -0.4 is 0 Å². The molecule has 0 amide bonds. The third-order valence-electron chi connectivity index (χ3n) is 1.81. The quantitative estimate of drug-likeness (QED) is 0.578. The van der Waals surface area contributed by atoms with Crippen molar-refractivity contribution in [3.05, 3.63) is 29.8 Å². The predicted octanol–water partition coefficient (Wildman–Crippen LogP) is 3.63. The number of aryl methyl sites for hydroxylation is 1. The number of halogens is 1. The maximum Gasteiger partial charge on any atom is 0.222 e. The second-order valence-corrected chi connectivity index (χ2v) is 5.23. The van der Waals surface area contributed by atoms with Crippen molar-refractivity contribution in [2.45, 2.75) is 30.4 Å². The van der Waals surface area contributed by atoms with Crippen LogP contribution in [0.4, 0.5) is 0 Å². The normalized spacial score (nSPS) is 12.5. The summed E-state index contributed by atoms with van der Waals surface area (Å²) in [7, 11) is 0. The van der Waals surface area contributed by atoms with Gasteiger partial charge in [0.25, 0.3) is 0 Å². The zero-order valence-electron chi connectivity index (χ0n) is 8.29.